The molecular weight excluding hydrogens is 374 g/mol. The smallest absolute Gasteiger partial charge is 0.325 e. The molecule has 2 aromatic carbocycles. The normalized spacial score (nSPS) is 10.4. The number of H-pyrrole nitrogens is 1. The molecule has 1 aromatic heterocycles. The highest BCUT2D eigenvalue weighted by Crippen LogP contribution is 2.28. The number of aromatic nitrogens is 2. The summed E-state index contributed by atoms with van der Waals surface area (Å²) in [6.45, 7) is 3.18. The van der Waals surface area contributed by atoms with Crippen LogP contribution in [0.25, 0.3) is 22.0 Å². The highest BCUT2D eigenvalue weighted by molar-refractivity contribution is 6.00. The number of rotatable bonds is 6. The Hall–Kier alpha value is -3.88. The Morgan fingerprint density at radius 2 is 1.86 bits per heavy atom. The summed E-state index contributed by atoms with van der Waals surface area (Å²) in [6, 6.07) is 12.6. The Morgan fingerprint density at radius 3 is 2.62 bits per heavy atom. The van der Waals surface area contributed by atoms with E-state index >= 15 is 0 Å². The summed E-state index contributed by atoms with van der Waals surface area (Å²) in [5.41, 5.74) is 3.29. The number of urea groups is 1. The largest absolute Gasteiger partial charge is 0.465 e. The summed E-state index contributed by atoms with van der Waals surface area (Å²) >= 11 is 0. The quantitative estimate of drug-likeness (QED) is 0.478. The molecule has 4 N–H and O–H groups in total. The van der Waals surface area contributed by atoms with E-state index < -0.39 is 12.0 Å². The van der Waals surface area contributed by atoms with Crippen molar-refractivity contribution < 1.29 is 19.1 Å². The maximum Gasteiger partial charge on any atom is 0.325 e. The zero-order valence-corrected chi connectivity index (χ0v) is 16.0. The molecule has 1 heterocycles. The van der Waals surface area contributed by atoms with Crippen molar-refractivity contribution in [1.82, 2.24) is 15.5 Å². The molecule has 150 valence electrons. The molecule has 0 unspecified atom stereocenters. The van der Waals surface area contributed by atoms with E-state index in [1.165, 1.54) is 6.92 Å². The maximum atomic E-state index is 12.0. The van der Waals surface area contributed by atoms with E-state index in [2.05, 4.69) is 26.1 Å². The minimum atomic E-state index is -0.557. The molecule has 0 bridgehead atoms. The Morgan fingerprint density at radius 1 is 1.07 bits per heavy atom. The van der Waals surface area contributed by atoms with E-state index in [9.17, 15) is 14.4 Å². The molecule has 3 aromatic rings. The molecule has 0 saturated heterocycles. The number of hydrogen-bond acceptors (Lipinski definition) is 5. The van der Waals surface area contributed by atoms with Crippen molar-refractivity contribution >= 4 is 40.3 Å². The molecule has 0 spiro atoms. The van der Waals surface area contributed by atoms with Gasteiger partial charge in [-0.25, -0.2) is 4.79 Å². The lowest BCUT2D eigenvalue weighted by atomic mass is 10.0. The van der Waals surface area contributed by atoms with Gasteiger partial charge in [-0.2, -0.15) is 5.10 Å². The number of fused-ring (bicyclic) bond motifs is 1. The van der Waals surface area contributed by atoms with Crippen LogP contribution in [0.3, 0.4) is 0 Å². The second kappa shape index (κ2) is 8.87. The Labute approximate surface area is 166 Å². The molecule has 0 fully saturated rings. The van der Waals surface area contributed by atoms with E-state index in [1.54, 1.807) is 6.92 Å². The van der Waals surface area contributed by atoms with Gasteiger partial charge in [-0.1, -0.05) is 18.2 Å². The molecule has 29 heavy (non-hydrogen) atoms. The molecule has 3 rings (SSSR count). The zero-order valence-electron chi connectivity index (χ0n) is 16.0. The molecule has 0 radical (unpaired) electrons. The monoisotopic (exact) mass is 395 g/mol. The zero-order chi connectivity index (χ0) is 20.8. The molecular formula is C20H21N5O4. The molecule has 0 aliphatic carbocycles. The Bertz CT molecular complexity index is 1060. The number of anilines is 2. The van der Waals surface area contributed by atoms with Crippen LogP contribution in [0.5, 0.6) is 0 Å². The van der Waals surface area contributed by atoms with E-state index in [-0.39, 0.29) is 19.1 Å². The van der Waals surface area contributed by atoms with Crippen LogP contribution in [0.2, 0.25) is 0 Å². The van der Waals surface area contributed by atoms with Crippen LogP contribution in [0, 0.1) is 0 Å². The SMILES string of the molecule is CCOC(=O)CNC(=O)Nc1n[nH]c2cc(-c3cccc(NC(C)=O)c3)ccc12. The van der Waals surface area contributed by atoms with Gasteiger partial charge < -0.3 is 15.4 Å². The van der Waals surface area contributed by atoms with Crippen molar-refractivity contribution in [2.75, 3.05) is 23.8 Å². The van der Waals surface area contributed by atoms with Crippen LogP contribution in [0.4, 0.5) is 16.3 Å². The average molecular weight is 395 g/mol. The van der Waals surface area contributed by atoms with Crippen LogP contribution in [0.15, 0.2) is 42.5 Å². The molecule has 0 aliphatic rings. The Balaban J connectivity index is 1.74. The number of amides is 3. The fourth-order valence-corrected chi connectivity index (χ4v) is 2.79. The predicted molar refractivity (Wildman–Crippen MR) is 109 cm³/mol. The summed E-state index contributed by atoms with van der Waals surface area (Å²) in [5, 5.41) is 15.5. The second-order valence-corrected chi connectivity index (χ2v) is 6.21. The van der Waals surface area contributed by atoms with Crippen molar-refractivity contribution in [3.05, 3.63) is 42.5 Å². The van der Waals surface area contributed by atoms with E-state index in [1.807, 2.05) is 42.5 Å². The van der Waals surface area contributed by atoms with Gasteiger partial charge in [0.1, 0.15) is 6.54 Å². The number of aromatic amines is 1. The van der Waals surface area contributed by atoms with Gasteiger partial charge in [0.25, 0.3) is 0 Å². The number of nitrogens with zero attached hydrogens (tertiary/aromatic N) is 1. The molecule has 0 aliphatic heterocycles. The van der Waals surface area contributed by atoms with Crippen molar-refractivity contribution in [3.63, 3.8) is 0 Å². The van der Waals surface area contributed by atoms with Crippen molar-refractivity contribution in [2.24, 2.45) is 0 Å². The van der Waals surface area contributed by atoms with Gasteiger partial charge in [-0.15, -0.1) is 0 Å². The lowest BCUT2D eigenvalue weighted by molar-refractivity contribution is -0.141. The average Bonchev–Trinajstić information content (AvgIpc) is 3.08. The van der Waals surface area contributed by atoms with Gasteiger partial charge in [0.2, 0.25) is 5.91 Å². The fourth-order valence-electron chi connectivity index (χ4n) is 2.79. The number of benzene rings is 2. The van der Waals surface area contributed by atoms with Crippen LogP contribution in [-0.4, -0.2) is 41.3 Å². The number of ether oxygens (including phenoxy) is 1. The van der Waals surface area contributed by atoms with Crippen LogP contribution >= 0.6 is 0 Å². The minimum Gasteiger partial charge on any atom is -0.465 e. The van der Waals surface area contributed by atoms with Crippen LogP contribution in [-0.2, 0) is 14.3 Å². The molecule has 9 nitrogen and oxygen atoms in total. The molecule has 0 atom stereocenters. The second-order valence-electron chi connectivity index (χ2n) is 6.21. The number of hydrogen-bond donors (Lipinski definition) is 4. The predicted octanol–water partition coefficient (Wildman–Crippen LogP) is 2.87. The van der Waals surface area contributed by atoms with Crippen molar-refractivity contribution in [2.45, 2.75) is 13.8 Å². The topological polar surface area (TPSA) is 125 Å². The van der Waals surface area contributed by atoms with Gasteiger partial charge in [0.15, 0.2) is 5.82 Å². The highest BCUT2D eigenvalue weighted by atomic mass is 16.5. The Kier molecular flexibility index (Phi) is 6.08. The highest BCUT2D eigenvalue weighted by Gasteiger charge is 2.12. The van der Waals surface area contributed by atoms with E-state index in [0.717, 1.165) is 22.0 Å². The summed E-state index contributed by atoms with van der Waals surface area (Å²) in [5.74, 6) is -0.302. The summed E-state index contributed by atoms with van der Waals surface area (Å²) < 4.78 is 4.76. The van der Waals surface area contributed by atoms with E-state index in [0.29, 0.717) is 11.5 Å². The third-order valence-electron chi connectivity index (χ3n) is 4.01. The fraction of sp³-hybridized carbons (Fsp3) is 0.200. The maximum absolute atomic E-state index is 12.0. The van der Waals surface area contributed by atoms with Gasteiger partial charge in [0.05, 0.1) is 12.1 Å². The third-order valence-corrected chi connectivity index (χ3v) is 4.01. The first-order chi connectivity index (χ1) is 14.0. The standard InChI is InChI=1S/C20H21N5O4/c1-3-29-18(27)11-21-20(28)23-19-16-8-7-14(10-17(16)24-25-19)13-5-4-6-15(9-13)22-12(2)26/h4-10H,3,11H2,1-2H3,(H,22,26)(H3,21,23,24,25,28). The first-order valence-corrected chi connectivity index (χ1v) is 9.03. The summed E-state index contributed by atoms with van der Waals surface area (Å²) in [4.78, 5) is 34.5. The number of esters is 1. The molecule has 0 saturated carbocycles. The lowest BCUT2D eigenvalue weighted by Gasteiger charge is -2.07. The van der Waals surface area contributed by atoms with E-state index in [4.69, 9.17) is 4.74 Å². The van der Waals surface area contributed by atoms with Crippen molar-refractivity contribution in [3.8, 4) is 11.1 Å². The number of carbonyl (C=O) groups excluding carboxylic acids is 3. The van der Waals surface area contributed by atoms with Gasteiger partial charge >= 0.3 is 12.0 Å². The lowest BCUT2D eigenvalue weighted by Crippen LogP contribution is -2.34. The van der Waals surface area contributed by atoms with Gasteiger partial charge in [-0.3, -0.25) is 20.0 Å². The number of carbonyl (C=O) groups is 3. The van der Waals surface area contributed by atoms with Crippen LogP contribution in [0.1, 0.15) is 13.8 Å². The van der Waals surface area contributed by atoms with Gasteiger partial charge in [0, 0.05) is 18.0 Å². The first kappa shape index (κ1) is 19.9. The molecule has 9 heteroatoms. The number of nitrogens with one attached hydrogen (secondary N) is 4. The van der Waals surface area contributed by atoms with Gasteiger partial charge in [-0.05, 0) is 42.3 Å². The van der Waals surface area contributed by atoms with Crippen molar-refractivity contribution in [1.29, 1.82) is 0 Å². The first-order valence-electron chi connectivity index (χ1n) is 9.03. The van der Waals surface area contributed by atoms with Crippen LogP contribution < -0.4 is 16.0 Å². The summed E-state index contributed by atoms with van der Waals surface area (Å²) in [6.07, 6.45) is 0. The minimum absolute atomic E-state index is 0.136. The third kappa shape index (κ3) is 5.10. The molecule has 3 amide bonds. The summed E-state index contributed by atoms with van der Waals surface area (Å²) in [7, 11) is 0.